The zero-order valence-electron chi connectivity index (χ0n) is 28.2. The average Bonchev–Trinajstić information content (AvgIpc) is 3.94. The number of rotatable bonds is 3. The fraction of sp³-hybridized carbons (Fsp3) is 0.0204. The molecule has 0 aliphatic heterocycles. The maximum Gasteiger partial charge on any atom is 0.135 e. The van der Waals surface area contributed by atoms with Gasteiger partial charge in [0.25, 0.3) is 0 Å². The number of nitrogens with zero attached hydrogens (tertiary/aromatic N) is 2. The van der Waals surface area contributed by atoms with E-state index in [4.69, 9.17) is 4.42 Å². The maximum atomic E-state index is 6.17. The summed E-state index contributed by atoms with van der Waals surface area (Å²) in [5.41, 5.74) is 16.9. The van der Waals surface area contributed by atoms with Gasteiger partial charge in [0.05, 0.1) is 22.1 Å². The first kappa shape index (κ1) is 27.9. The van der Waals surface area contributed by atoms with Gasteiger partial charge in [0.2, 0.25) is 0 Å². The summed E-state index contributed by atoms with van der Waals surface area (Å²) in [4.78, 5) is 0. The Hall–Kier alpha value is -6.84. The lowest BCUT2D eigenvalue weighted by atomic mass is 10.0. The van der Waals surface area contributed by atoms with Crippen LogP contribution in [0.15, 0.2) is 174 Å². The van der Waals surface area contributed by atoms with Crippen LogP contribution in [-0.2, 0) is 6.42 Å². The largest absolute Gasteiger partial charge is 0.456 e. The second-order valence-corrected chi connectivity index (χ2v) is 14.1. The van der Waals surface area contributed by atoms with Gasteiger partial charge in [0.1, 0.15) is 11.2 Å². The Kier molecular flexibility index (Phi) is 5.56. The molecule has 1 aliphatic carbocycles. The molecule has 0 saturated carbocycles. The van der Waals surface area contributed by atoms with Crippen molar-refractivity contribution in [3.05, 3.63) is 181 Å². The fourth-order valence-electron chi connectivity index (χ4n) is 8.97. The molecule has 3 heteroatoms. The van der Waals surface area contributed by atoms with Crippen LogP contribution < -0.4 is 0 Å². The van der Waals surface area contributed by atoms with Crippen molar-refractivity contribution in [3.63, 3.8) is 0 Å². The van der Waals surface area contributed by atoms with Crippen LogP contribution >= 0.6 is 0 Å². The monoisotopic (exact) mass is 662 g/mol. The molecular formula is C49H30N2O. The minimum atomic E-state index is 0.909. The third-order valence-electron chi connectivity index (χ3n) is 11.3. The van der Waals surface area contributed by atoms with Crippen LogP contribution in [0.3, 0.4) is 0 Å². The van der Waals surface area contributed by atoms with E-state index < -0.39 is 0 Å². The second kappa shape index (κ2) is 10.3. The molecule has 0 bridgehead atoms. The number of hydrogen-bond acceptors (Lipinski definition) is 1. The minimum Gasteiger partial charge on any atom is -0.456 e. The fourth-order valence-corrected chi connectivity index (χ4v) is 8.97. The van der Waals surface area contributed by atoms with Gasteiger partial charge in [0.15, 0.2) is 0 Å². The SMILES string of the molecule is c1ccc2c(c1)Cc1ccc(-n3c4ccccc4c4cc(-c5ccc6c(c5)c5ccccc5n6-c5ccc6oc7ccccc7c6c5)ccc43)cc1-2. The lowest BCUT2D eigenvalue weighted by Gasteiger charge is -2.11. The van der Waals surface area contributed by atoms with Crippen LogP contribution in [0.1, 0.15) is 11.1 Å². The van der Waals surface area contributed by atoms with Crippen LogP contribution in [0.2, 0.25) is 0 Å². The summed E-state index contributed by atoms with van der Waals surface area (Å²) in [6.45, 7) is 0. The van der Waals surface area contributed by atoms with E-state index >= 15 is 0 Å². The highest BCUT2D eigenvalue weighted by molar-refractivity contribution is 6.13. The first-order valence-corrected chi connectivity index (χ1v) is 18.0. The first-order valence-electron chi connectivity index (χ1n) is 18.0. The normalized spacial score (nSPS) is 12.5. The Morgan fingerprint density at radius 1 is 0.346 bits per heavy atom. The van der Waals surface area contributed by atoms with E-state index in [0.29, 0.717) is 0 Å². The molecule has 0 spiro atoms. The Labute approximate surface area is 299 Å². The van der Waals surface area contributed by atoms with Crippen molar-refractivity contribution in [1.29, 1.82) is 0 Å². The van der Waals surface area contributed by atoms with Gasteiger partial charge in [-0.25, -0.2) is 0 Å². The molecule has 0 radical (unpaired) electrons. The molecule has 1 aliphatic rings. The molecule has 52 heavy (non-hydrogen) atoms. The summed E-state index contributed by atoms with van der Waals surface area (Å²) in [5.74, 6) is 0. The van der Waals surface area contributed by atoms with E-state index in [1.54, 1.807) is 0 Å². The molecule has 0 unspecified atom stereocenters. The molecular weight excluding hydrogens is 633 g/mol. The summed E-state index contributed by atoms with van der Waals surface area (Å²) >= 11 is 0. The Morgan fingerprint density at radius 3 is 1.62 bits per heavy atom. The van der Waals surface area contributed by atoms with Crippen molar-refractivity contribution in [2.75, 3.05) is 0 Å². The van der Waals surface area contributed by atoms with Gasteiger partial charge in [-0.1, -0.05) is 97.1 Å². The van der Waals surface area contributed by atoms with E-state index in [-0.39, 0.29) is 0 Å². The topological polar surface area (TPSA) is 23.0 Å². The van der Waals surface area contributed by atoms with Crippen molar-refractivity contribution >= 4 is 65.6 Å². The molecule has 3 aromatic heterocycles. The Bertz CT molecular complexity index is 3280. The number of hydrogen-bond donors (Lipinski definition) is 0. The van der Waals surface area contributed by atoms with Crippen LogP contribution in [0.4, 0.5) is 0 Å². The lowest BCUT2D eigenvalue weighted by molar-refractivity contribution is 0.669. The summed E-state index contributed by atoms with van der Waals surface area (Å²) < 4.78 is 11.0. The summed E-state index contributed by atoms with van der Waals surface area (Å²) in [5, 5.41) is 7.28. The highest BCUT2D eigenvalue weighted by Crippen LogP contribution is 2.42. The van der Waals surface area contributed by atoms with Gasteiger partial charge in [-0.05, 0) is 113 Å². The molecule has 242 valence electrons. The van der Waals surface area contributed by atoms with Crippen molar-refractivity contribution < 1.29 is 4.42 Å². The summed E-state index contributed by atoms with van der Waals surface area (Å²) in [6.07, 6.45) is 1.00. The molecule has 0 amide bonds. The molecule has 11 aromatic rings. The number of para-hydroxylation sites is 3. The van der Waals surface area contributed by atoms with E-state index in [1.165, 1.54) is 82.7 Å². The number of benzene rings is 8. The first-order chi connectivity index (χ1) is 25.8. The Balaban J connectivity index is 1.02. The number of furan rings is 1. The third-order valence-corrected chi connectivity index (χ3v) is 11.3. The predicted molar refractivity (Wildman–Crippen MR) is 216 cm³/mol. The molecule has 0 saturated heterocycles. The van der Waals surface area contributed by atoms with Gasteiger partial charge < -0.3 is 13.6 Å². The standard InChI is InChI=1S/C49H30N2O/c1-2-10-36-32(9-1)25-33-17-20-34(28-40(33)36)50-44-14-6-3-11-37(44)41-26-30(18-22-46(41)50)31-19-23-47-42(27-31)38-12-4-7-15-45(38)51(47)35-21-24-49-43(29-35)39-13-5-8-16-48(39)52-49/h1-24,26-29H,25H2. The molecule has 3 heterocycles. The van der Waals surface area contributed by atoms with Crippen molar-refractivity contribution in [2.45, 2.75) is 6.42 Å². The van der Waals surface area contributed by atoms with Gasteiger partial charge in [0, 0.05) is 43.7 Å². The van der Waals surface area contributed by atoms with Crippen molar-refractivity contribution in [2.24, 2.45) is 0 Å². The van der Waals surface area contributed by atoms with E-state index in [1.807, 2.05) is 12.1 Å². The smallest absolute Gasteiger partial charge is 0.135 e. The molecule has 3 nitrogen and oxygen atoms in total. The molecule has 0 fully saturated rings. The highest BCUT2D eigenvalue weighted by atomic mass is 16.3. The highest BCUT2D eigenvalue weighted by Gasteiger charge is 2.21. The number of fused-ring (bicyclic) bond motifs is 12. The van der Waals surface area contributed by atoms with Gasteiger partial charge >= 0.3 is 0 Å². The van der Waals surface area contributed by atoms with Crippen molar-refractivity contribution in [1.82, 2.24) is 9.13 Å². The average molecular weight is 663 g/mol. The zero-order chi connectivity index (χ0) is 33.9. The molecule has 8 aromatic carbocycles. The molecule has 12 rings (SSSR count). The summed E-state index contributed by atoms with van der Waals surface area (Å²) in [7, 11) is 0. The third kappa shape index (κ3) is 3.85. The van der Waals surface area contributed by atoms with Gasteiger partial charge in [-0.3, -0.25) is 0 Å². The molecule has 0 atom stereocenters. The number of aromatic nitrogens is 2. The van der Waals surface area contributed by atoms with E-state index in [9.17, 15) is 0 Å². The zero-order valence-corrected chi connectivity index (χ0v) is 28.2. The van der Waals surface area contributed by atoms with Crippen LogP contribution in [0.25, 0.3) is 99.2 Å². The maximum absolute atomic E-state index is 6.17. The van der Waals surface area contributed by atoms with Crippen LogP contribution in [0.5, 0.6) is 0 Å². The lowest BCUT2D eigenvalue weighted by Crippen LogP contribution is -1.95. The van der Waals surface area contributed by atoms with E-state index in [2.05, 4.69) is 167 Å². The van der Waals surface area contributed by atoms with Crippen LogP contribution in [0, 0.1) is 0 Å². The summed E-state index contributed by atoms with van der Waals surface area (Å²) in [6, 6.07) is 62.1. The van der Waals surface area contributed by atoms with Gasteiger partial charge in [-0.15, -0.1) is 0 Å². The predicted octanol–water partition coefficient (Wildman–Crippen LogP) is 13.0. The Morgan fingerprint density at radius 2 is 0.885 bits per heavy atom. The van der Waals surface area contributed by atoms with Gasteiger partial charge in [-0.2, -0.15) is 0 Å². The van der Waals surface area contributed by atoms with E-state index in [0.717, 1.165) is 34.0 Å². The van der Waals surface area contributed by atoms with Crippen molar-refractivity contribution in [3.8, 4) is 33.6 Å². The minimum absolute atomic E-state index is 0.909. The van der Waals surface area contributed by atoms with Crippen LogP contribution in [-0.4, -0.2) is 9.13 Å². The molecule has 0 N–H and O–H groups in total. The second-order valence-electron chi connectivity index (χ2n) is 14.1. The quantitative estimate of drug-likeness (QED) is 0.185.